The molecule has 1 aliphatic heterocycles. The molecule has 4 rings (SSSR count). The zero-order chi connectivity index (χ0) is 26.6. The van der Waals surface area contributed by atoms with Crippen molar-refractivity contribution in [3.8, 4) is 0 Å². The van der Waals surface area contributed by atoms with Gasteiger partial charge in [0.2, 0.25) is 0 Å². The average molecular weight is 539 g/mol. The van der Waals surface area contributed by atoms with Gasteiger partial charge in [-0.05, 0) is 56.7 Å². The third-order valence-corrected chi connectivity index (χ3v) is 8.72. The van der Waals surface area contributed by atoms with E-state index in [1.807, 2.05) is 0 Å². The first-order chi connectivity index (χ1) is 17.6. The number of likely N-dealkylation sites (tertiary alicyclic amines) is 1. The van der Waals surface area contributed by atoms with Crippen LogP contribution in [0.2, 0.25) is 0 Å². The molecule has 6 nitrogen and oxygen atoms in total. The maximum absolute atomic E-state index is 12.9. The number of ether oxygens (including phenoxy) is 1. The highest BCUT2D eigenvalue weighted by atomic mass is 32.1. The Morgan fingerprint density at radius 1 is 1.22 bits per heavy atom. The zero-order valence-corrected chi connectivity index (χ0v) is 21.7. The number of methoxy groups -OCH3 is 1. The standard InChI is InChI=1S/C27H33F3N2O4S/c1-36-17-25-31-15-24(37-25)26(35)10-7-21(8-11-26)32-12-9-18(16-32)13-22(33)5-6-23(34)19-3-2-4-20(14-19)27(28,29)30/h2-4,14-15,18,21,35H,5-13,16-17H2,1H3/t18-,21?,26?/m0/s1. The minimum Gasteiger partial charge on any atom is -0.384 e. The normalized spacial score (nSPS) is 24.9. The minimum absolute atomic E-state index is 0.0137. The van der Waals surface area contributed by atoms with Gasteiger partial charge < -0.3 is 14.7 Å². The van der Waals surface area contributed by atoms with Crippen LogP contribution in [0.4, 0.5) is 13.2 Å². The lowest BCUT2D eigenvalue weighted by Crippen LogP contribution is -2.41. The first-order valence-electron chi connectivity index (χ1n) is 12.7. The molecule has 1 aromatic heterocycles. The number of aliphatic hydroxyl groups is 1. The predicted octanol–water partition coefficient (Wildman–Crippen LogP) is 5.38. The second-order valence-electron chi connectivity index (χ2n) is 10.2. The van der Waals surface area contributed by atoms with Crippen LogP contribution in [0, 0.1) is 5.92 Å². The van der Waals surface area contributed by atoms with Crippen LogP contribution in [0.5, 0.6) is 0 Å². The lowest BCUT2D eigenvalue weighted by molar-refractivity contribution is -0.137. The molecule has 10 heteroatoms. The molecule has 0 spiro atoms. The van der Waals surface area contributed by atoms with Crippen molar-refractivity contribution < 1.29 is 32.6 Å². The Morgan fingerprint density at radius 2 is 1.97 bits per heavy atom. The van der Waals surface area contributed by atoms with Crippen molar-refractivity contribution >= 4 is 22.9 Å². The number of hydrogen-bond acceptors (Lipinski definition) is 7. The zero-order valence-electron chi connectivity index (χ0n) is 20.9. The molecule has 2 fully saturated rings. The Labute approximate surface area is 218 Å². The number of hydrogen-bond donors (Lipinski definition) is 1. The van der Waals surface area contributed by atoms with Crippen molar-refractivity contribution in [3.63, 3.8) is 0 Å². The summed E-state index contributed by atoms with van der Waals surface area (Å²) in [5, 5.41) is 12.0. The van der Waals surface area contributed by atoms with E-state index in [0.29, 0.717) is 31.9 Å². The molecule has 1 aliphatic carbocycles. The molecule has 1 aromatic carbocycles. The molecule has 2 aromatic rings. The average Bonchev–Trinajstić information content (AvgIpc) is 3.53. The molecular weight excluding hydrogens is 505 g/mol. The van der Waals surface area contributed by atoms with Crippen LogP contribution in [-0.4, -0.2) is 52.8 Å². The quantitative estimate of drug-likeness (QED) is 0.409. The van der Waals surface area contributed by atoms with Crippen LogP contribution in [0.25, 0.3) is 0 Å². The van der Waals surface area contributed by atoms with Crippen LogP contribution in [0.1, 0.15) is 77.2 Å². The molecule has 0 radical (unpaired) electrons. The van der Waals surface area contributed by atoms with Crippen molar-refractivity contribution in [2.45, 2.75) is 75.8 Å². The van der Waals surface area contributed by atoms with E-state index in [2.05, 4.69) is 9.88 Å². The maximum Gasteiger partial charge on any atom is 0.416 e. The van der Waals surface area contributed by atoms with Gasteiger partial charge in [0, 0.05) is 50.7 Å². The molecule has 202 valence electrons. The minimum atomic E-state index is -4.51. The van der Waals surface area contributed by atoms with Crippen molar-refractivity contribution in [1.82, 2.24) is 9.88 Å². The first kappa shape index (κ1) is 27.9. The van der Waals surface area contributed by atoms with Crippen molar-refractivity contribution in [2.24, 2.45) is 5.92 Å². The summed E-state index contributed by atoms with van der Waals surface area (Å²) in [6.07, 6.45) is 1.59. The van der Waals surface area contributed by atoms with E-state index in [-0.39, 0.29) is 30.1 Å². The summed E-state index contributed by atoms with van der Waals surface area (Å²) >= 11 is 1.50. The number of alkyl halides is 3. The van der Waals surface area contributed by atoms with Gasteiger partial charge in [-0.25, -0.2) is 4.98 Å². The molecule has 0 bridgehead atoms. The molecule has 2 aliphatic rings. The second kappa shape index (κ2) is 11.7. The number of halogens is 3. The fraction of sp³-hybridized carbons (Fsp3) is 0.593. The highest BCUT2D eigenvalue weighted by molar-refractivity contribution is 7.11. The number of aromatic nitrogens is 1. The third-order valence-electron chi connectivity index (χ3n) is 7.56. The summed E-state index contributed by atoms with van der Waals surface area (Å²) in [5.41, 5.74) is -1.72. The smallest absolute Gasteiger partial charge is 0.384 e. The second-order valence-corrected chi connectivity index (χ2v) is 11.3. The van der Waals surface area contributed by atoms with Crippen LogP contribution < -0.4 is 0 Å². The highest BCUT2D eigenvalue weighted by Crippen LogP contribution is 2.42. The van der Waals surface area contributed by atoms with Crippen molar-refractivity contribution in [2.75, 3.05) is 20.2 Å². The molecule has 1 N–H and O–H groups in total. The van der Waals surface area contributed by atoms with Crippen LogP contribution >= 0.6 is 11.3 Å². The summed E-state index contributed by atoms with van der Waals surface area (Å²) in [5.74, 6) is -0.255. The van der Waals surface area contributed by atoms with Gasteiger partial charge in [0.25, 0.3) is 0 Å². The van der Waals surface area contributed by atoms with Crippen molar-refractivity contribution in [1.29, 1.82) is 0 Å². The number of ketones is 2. The predicted molar refractivity (Wildman–Crippen MR) is 133 cm³/mol. The Balaban J connectivity index is 1.21. The summed E-state index contributed by atoms with van der Waals surface area (Å²) in [4.78, 5) is 32.5. The molecule has 2 heterocycles. The fourth-order valence-electron chi connectivity index (χ4n) is 5.46. The van der Waals surface area contributed by atoms with Gasteiger partial charge in [0.1, 0.15) is 16.4 Å². The van der Waals surface area contributed by atoms with Gasteiger partial charge in [-0.1, -0.05) is 12.1 Å². The van der Waals surface area contributed by atoms with Gasteiger partial charge in [-0.2, -0.15) is 13.2 Å². The SMILES string of the molecule is COCc1ncc(C2(O)CCC(N3CC[C@@H](CC(=O)CCC(=O)c4cccc(C(F)(F)F)c4)C3)CC2)s1. The molecule has 0 amide bonds. The number of carbonyl (C=O) groups excluding carboxylic acids is 2. The highest BCUT2D eigenvalue weighted by Gasteiger charge is 2.39. The molecular formula is C27H33F3N2O4S. The largest absolute Gasteiger partial charge is 0.416 e. The summed E-state index contributed by atoms with van der Waals surface area (Å²) in [6, 6.07) is 4.72. The number of nitrogens with zero attached hydrogens (tertiary/aromatic N) is 2. The van der Waals surface area contributed by atoms with Gasteiger partial charge >= 0.3 is 6.18 Å². The van der Waals surface area contributed by atoms with Gasteiger partial charge in [-0.3, -0.25) is 9.59 Å². The third kappa shape index (κ3) is 7.04. The lowest BCUT2D eigenvalue weighted by Gasteiger charge is -2.39. The van der Waals surface area contributed by atoms with Gasteiger partial charge in [0.15, 0.2) is 5.78 Å². The summed E-state index contributed by atoms with van der Waals surface area (Å²) in [7, 11) is 1.62. The Bertz CT molecular complexity index is 1100. The van der Waals surface area contributed by atoms with E-state index in [0.717, 1.165) is 54.4 Å². The molecule has 1 atom stereocenters. The van der Waals surface area contributed by atoms with Gasteiger partial charge in [0.05, 0.1) is 17.0 Å². The lowest BCUT2D eigenvalue weighted by atomic mass is 9.81. The maximum atomic E-state index is 12.9. The number of carbonyl (C=O) groups is 2. The first-order valence-corrected chi connectivity index (χ1v) is 13.5. The molecule has 1 saturated heterocycles. The number of thiazole rings is 1. The van der Waals surface area contributed by atoms with Crippen LogP contribution in [0.3, 0.4) is 0 Å². The van der Waals surface area contributed by atoms with Crippen molar-refractivity contribution in [3.05, 3.63) is 51.5 Å². The Kier molecular flexibility index (Phi) is 8.83. The fourth-order valence-corrected chi connectivity index (χ4v) is 6.49. The van der Waals surface area contributed by atoms with E-state index in [1.165, 1.54) is 23.5 Å². The van der Waals surface area contributed by atoms with E-state index >= 15 is 0 Å². The van der Waals surface area contributed by atoms with E-state index in [1.54, 1.807) is 13.3 Å². The number of benzene rings is 1. The number of Topliss-reactive ketones (excluding diaryl/α,β-unsaturated/α-hetero) is 2. The van der Waals surface area contributed by atoms with Crippen LogP contribution in [0.15, 0.2) is 30.5 Å². The Hall–Kier alpha value is -2.14. The monoisotopic (exact) mass is 538 g/mol. The molecule has 37 heavy (non-hydrogen) atoms. The molecule has 0 unspecified atom stereocenters. The number of rotatable bonds is 10. The van der Waals surface area contributed by atoms with E-state index < -0.39 is 23.1 Å². The van der Waals surface area contributed by atoms with Crippen LogP contribution in [-0.2, 0) is 27.9 Å². The van der Waals surface area contributed by atoms with Gasteiger partial charge in [-0.15, -0.1) is 11.3 Å². The topological polar surface area (TPSA) is 79.7 Å². The summed E-state index contributed by atoms with van der Waals surface area (Å²) < 4.78 is 43.8. The van der Waals surface area contributed by atoms with E-state index in [9.17, 15) is 27.9 Å². The Morgan fingerprint density at radius 3 is 2.68 bits per heavy atom. The summed E-state index contributed by atoms with van der Waals surface area (Å²) in [6.45, 7) is 2.16. The van der Waals surface area contributed by atoms with E-state index in [4.69, 9.17) is 4.74 Å². The molecule has 1 saturated carbocycles.